The fourth-order valence-electron chi connectivity index (χ4n) is 2.45. The van der Waals surface area contributed by atoms with E-state index in [1.165, 1.54) is 16.2 Å². The van der Waals surface area contributed by atoms with E-state index in [4.69, 9.17) is 4.74 Å². The van der Waals surface area contributed by atoms with Gasteiger partial charge in [0.15, 0.2) is 0 Å². The first kappa shape index (κ1) is 19.1. The van der Waals surface area contributed by atoms with Gasteiger partial charge in [-0.3, -0.25) is 9.59 Å². The van der Waals surface area contributed by atoms with E-state index >= 15 is 0 Å². The van der Waals surface area contributed by atoms with Gasteiger partial charge < -0.3 is 15.0 Å². The second-order valence-electron chi connectivity index (χ2n) is 5.65. The van der Waals surface area contributed by atoms with Gasteiger partial charge in [0.2, 0.25) is 5.91 Å². The summed E-state index contributed by atoms with van der Waals surface area (Å²) >= 11 is 3.01. The third-order valence-electron chi connectivity index (χ3n) is 3.85. The molecule has 2 aromatic heterocycles. The van der Waals surface area contributed by atoms with Crippen LogP contribution in [0.3, 0.4) is 0 Å². The van der Waals surface area contributed by atoms with Gasteiger partial charge >= 0.3 is 0 Å². The summed E-state index contributed by atoms with van der Waals surface area (Å²) < 4.78 is 5.15. The predicted octanol–water partition coefficient (Wildman–Crippen LogP) is 3.98. The van der Waals surface area contributed by atoms with Crippen LogP contribution >= 0.6 is 22.7 Å². The molecule has 0 spiro atoms. The number of ether oxygens (including phenoxy) is 1. The van der Waals surface area contributed by atoms with Gasteiger partial charge in [-0.15, -0.1) is 11.3 Å². The molecule has 0 fully saturated rings. The molecule has 0 aliphatic rings. The number of hydrogen-bond acceptors (Lipinski definition) is 6. The van der Waals surface area contributed by atoms with E-state index < -0.39 is 0 Å². The third-order valence-corrected chi connectivity index (χ3v) is 5.42. The average Bonchev–Trinajstić information content (AvgIpc) is 3.37. The van der Waals surface area contributed by atoms with Crippen molar-refractivity contribution in [3.8, 4) is 16.3 Å². The summed E-state index contributed by atoms with van der Waals surface area (Å²) in [6.45, 7) is 2.20. The maximum absolute atomic E-state index is 12.7. The van der Waals surface area contributed by atoms with E-state index in [2.05, 4.69) is 10.3 Å². The number of aromatic nitrogens is 1. The van der Waals surface area contributed by atoms with Gasteiger partial charge in [-0.25, -0.2) is 4.98 Å². The number of carbonyl (C=O) groups excluding carboxylic acids is 2. The Balaban J connectivity index is 1.65. The molecule has 1 aromatic carbocycles. The summed E-state index contributed by atoms with van der Waals surface area (Å²) in [6.07, 6.45) is 0. The van der Waals surface area contributed by atoms with Crippen molar-refractivity contribution >= 4 is 40.2 Å². The van der Waals surface area contributed by atoms with E-state index in [1.807, 2.05) is 23.8 Å². The highest BCUT2D eigenvalue weighted by atomic mass is 32.1. The summed E-state index contributed by atoms with van der Waals surface area (Å²) in [5, 5.41) is 9.29. The molecular weight excluding hydrogens is 382 g/mol. The normalized spacial score (nSPS) is 10.4. The molecule has 0 atom stereocenters. The van der Waals surface area contributed by atoms with Crippen LogP contribution in [0.1, 0.15) is 17.4 Å². The minimum absolute atomic E-state index is 0.0438. The van der Waals surface area contributed by atoms with Crippen molar-refractivity contribution in [1.29, 1.82) is 0 Å². The van der Waals surface area contributed by atoms with Gasteiger partial charge in [0, 0.05) is 34.6 Å². The number of amides is 2. The number of nitrogens with one attached hydrogen (secondary N) is 1. The molecule has 140 valence electrons. The van der Waals surface area contributed by atoms with Crippen LogP contribution in [0, 0.1) is 0 Å². The van der Waals surface area contributed by atoms with Crippen LogP contribution in [0.5, 0.6) is 5.75 Å². The first-order valence-electron chi connectivity index (χ1n) is 8.32. The maximum Gasteiger partial charge on any atom is 0.273 e. The van der Waals surface area contributed by atoms with E-state index in [0.29, 0.717) is 23.7 Å². The largest absolute Gasteiger partial charge is 0.497 e. The van der Waals surface area contributed by atoms with Crippen LogP contribution in [0.2, 0.25) is 0 Å². The Bertz CT molecular complexity index is 922. The molecule has 0 saturated carbocycles. The summed E-state index contributed by atoms with van der Waals surface area (Å²) in [5.74, 6) is 0.127. The van der Waals surface area contributed by atoms with Gasteiger partial charge in [0.1, 0.15) is 23.0 Å². The third kappa shape index (κ3) is 4.72. The van der Waals surface area contributed by atoms with E-state index in [0.717, 1.165) is 10.6 Å². The molecule has 0 saturated heterocycles. The number of thiophene rings is 1. The lowest BCUT2D eigenvalue weighted by Gasteiger charge is -2.19. The zero-order chi connectivity index (χ0) is 19.2. The van der Waals surface area contributed by atoms with Crippen LogP contribution in [-0.4, -0.2) is 41.9 Å². The van der Waals surface area contributed by atoms with Crippen LogP contribution < -0.4 is 10.1 Å². The molecule has 0 aliphatic heterocycles. The summed E-state index contributed by atoms with van der Waals surface area (Å²) in [7, 11) is 1.57. The molecule has 6 nitrogen and oxygen atoms in total. The molecule has 27 heavy (non-hydrogen) atoms. The first-order chi connectivity index (χ1) is 13.1. The molecule has 2 heterocycles. The molecule has 2 amide bonds. The molecule has 0 aliphatic carbocycles. The lowest BCUT2D eigenvalue weighted by Crippen LogP contribution is -2.38. The molecule has 3 aromatic rings. The number of carbonyl (C=O) groups is 2. The average molecular weight is 402 g/mol. The molecule has 1 N–H and O–H groups in total. The molecular formula is C19H19N3O3S2. The maximum atomic E-state index is 12.7. The Morgan fingerprint density at radius 3 is 2.81 bits per heavy atom. The van der Waals surface area contributed by atoms with Gasteiger partial charge in [-0.2, -0.15) is 11.3 Å². The quantitative estimate of drug-likeness (QED) is 0.650. The van der Waals surface area contributed by atoms with Gasteiger partial charge in [-0.1, -0.05) is 6.07 Å². The highest BCUT2D eigenvalue weighted by molar-refractivity contribution is 7.14. The second kappa shape index (κ2) is 8.79. The minimum atomic E-state index is -0.272. The lowest BCUT2D eigenvalue weighted by molar-refractivity contribution is -0.116. The SMILES string of the molecule is CCN(CC(=O)Nc1cccc(OC)c1)C(=O)c1csc(-c2ccsc2)n1. The van der Waals surface area contributed by atoms with Crippen molar-refractivity contribution < 1.29 is 14.3 Å². The van der Waals surface area contributed by atoms with Gasteiger partial charge in [0.05, 0.1) is 7.11 Å². The number of rotatable bonds is 7. The monoisotopic (exact) mass is 401 g/mol. The lowest BCUT2D eigenvalue weighted by atomic mass is 10.3. The topological polar surface area (TPSA) is 71.5 Å². The number of hydrogen-bond donors (Lipinski definition) is 1. The van der Waals surface area contributed by atoms with E-state index in [-0.39, 0.29) is 18.4 Å². The number of methoxy groups -OCH3 is 1. The van der Waals surface area contributed by atoms with Crippen molar-refractivity contribution in [3.05, 3.63) is 52.2 Å². The Labute approximate surface area is 165 Å². The van der Waals surface area contributed by atoms with Crippen LogP contribution in [0.25, 0.3) is 10.6 Å². The van der Waals surface area contributed by atoms with Crippen LogP contribution in [0.4, 0.5) is 5.69 Å². The van der Waals surface area contributed by atoms with Gasteiger partial charge in [0.25, 0.3) is 5.91 Å². The van der Waals surface area contributed by atoms with Crippen LogP contribution in [0.15, 0.2) is 46.5 Å². The minimum Gasteiger partial charge on any atom is -0.497 e. The number of benzene rings is 1. The fraction of sp³-hybridized carbons (Fsp3) is 0.211. The van der Waals surface area contributed by atoms with Gasteiger partial charge in [-0.05, 0) is 30.5 Å². The van der Waals surface area contributed by atoms with Crippen molar-refractivity contribution in [3.63, 3.8) is 0 Å². The van der Waals surface area contributed by atoms with Crippen molar-refractivity contribution in [2.45, 2.75) is 6.92 Å². The Morgan fingerprint density at radius 1 is 1.26 bits per heavy atom. The Kier molecular flexibility index (Phi) is 6.20. The van der Waals surface area contributed by atoms with Crippen molar-refractivity contribution in [2.75, 3.05) is 25.5 Å². The number of anilines is 1. The molecule has 0 bridgehead atoms. The zero-order valence-corrected chi connectivity index (χ0v) is 16.6. The zero-order valence-electron chi connectivity index (χ0n) is 15.0. The number of nitrogens with zero attached hydrogens (tertiary/aromatic N) is 2. The number of likely N-dealkylation sites (N-methyl/N-ethyl adjacent to an activating group) is 1. The molecule has 3 rings (SSSR count). The summed E-state index contributed by atoms with van der Waals surface area (Å²) in [5.41, 5.74) is 1.98. The second-order valence-corrected chi connectivity index (χ2v) is 7.29. The fourth-order valence-corrected chi connectivity index (χ4v) is 3.96. The first-order valence-corrected chi connectivity index (χ1v) is 10.1. The smallest absolute Gasteiger partial charge is 0.273 e. The predicted molar refractivity (Wildman–Crippen MR) is 109 cm³/mol. The van der Waals surface area contributed by atoms with E-state index in [9.17, 15) is 9.59 Å². The molecule has 8 heteroatoms. The van der Waals surface area contributed by atoms with Crippen molar-refractivity contribution in [1.82, 2.24) is 9.88 Å². The van der Waals surface area contributed by atoms with E-state index in [1.54, 1.807) is 48.1 Å². The summed E-state index contributed by atoms with van der Waals surface area (Å²) in [6, 6.07) is 9.05. The number of thiazole rings is 1. The highest BCUT2D eigenvalue weighted by Gasteiger charge is 2.20. The van der Waals surface area contributed by atoms with Crippen molar-refractivity contribution in [2.24, 2.45) is 0 Å². The molecule has 0 radical (unpaired) electrons. The highest BCUT2D eigenvalue weighted by Crippen LogP contribution is 2.26. The Morgan fingerprint density at radius 2 is 2.11 bits per heavy atom. The molecule has 0 unspecified atom stereocenters. The standard InChI is InChI=1S/C19H19N3O3S2/c1-3-22(10-17(23)20-14-5-4-6-15(9-14)25-2)19(24)16-12-27-18(21-16)13-7-8-26-11-13/h4-9,11-12H,3,10H2,1-2H3,(H,20,23). The van der Waals surface area contributed by atoms with Crippen LogP contribution in [-0.2, 0) is 4.79 Å². The summed E-state index contributed by atoms with van der Waals surface area (Å²) in [4.78, 5) is 31.0. The Hall–Kier alpha value is -2.71.